The van der Waals surface area contributed by atoms with E-state index in [4.69, 9.17) is 15.0 Å². The van der Waals surface area contributed by atoms with Crippen LogP contribution in [0.5, 0.6) is 0 Å². The van der Waals surface area contributed by atoms with Gasteiger partial charge in [-0.05, 0) is 83.0 Å². The summed E-state index contributed by atoms with van der Waals surface area (Å²) in [4.78, 5) is 16.2. The molecule has 0 unspecified atom stereocenters. The average Bonchev–Trinajstić information content (AvgIpc) is 3.47. The Morgan fingerprint density at radius 1 is 0.222 bits per heavy atom. The molecular formula is C69H43N3. The van der Waals surface area contributed by atoms with E-state index in [1.54, 1.807) is 0 Å². The van der Waals surface area contributed by atoms with Crippen LogP contribution in [0.3, 0.4) is 0 Å². The summed E-state index contributed by atoms with van der Waals surface area (Å²) in [5.41, 5.74) is 14.6. The molecule has 0 saturated carbocycles. The summed E-state index contributed by atoms with van der Waals surface area (Å²) >= 11 is 0. The second-order valence-electron chi connectivity index (χ2n) is 18.6. The summed E-state index contributed by atoms with van der Waals surface area (Å²) < 4.78 is 0. The van der Waals surface area contributed by atoms with Crippen LogP contribution in [0.25, 0.3) is 143 Å². The van der Waals surface area contributed by atoms with Gasteiger partial charge in [0.2, 0.25) is 0 Å². The molecule has 3 nitrogen and oxygen atoms in total. The third-order valence-electron chi connectivity index (χ3n) is 14.5. The van der Waals surface area contributed by atoms with Gasteiger partial charge in [0.25, 0.3) is 0 Å². The quantitative estimate of drug-likeness (QED) is 0.150. The number of fused-ring (bicyclic) bond motifs is 11. The molecule has 0 radical (unpaired) electrons. The fraction of sp³-hybridized carbons (Fsp3) is 0. The summed E-state index contributed by atoms with van der Waals surface area (Å²) in [6, 6.07) is 93.5. The zero-order valence-corrected chi connectivity index (χ0v) is 39.2. The lowest BCUT2D eigenvalue weighted by molar-refractivity contribution is 1.18. The van der Waals surface area contributed by atoms with Crippen LogP contribution in [0, 0.1) is 0 Å². The molecule has 72 heavy (non-hydrogen) atoms. The van der Waals surface area contributed by atoms with Crippen molar-refractivity contribution in [3.8, 4) is 78.5 Å². The molecule has 14 aromatic rings. The Balaban J connectivity index is 0.915. The van der Waals surface area contributed by atoms with E-state index in [-0.39, 0.29) is 0 Å². The largest absolute Gasteiger partial charge is 0.246 e. The van der Waals surface area contributed by atoms with Crippen molar-refractivity contribution in [3.63, 3.8) is 0 Å². The van der Waals surface area contributed by atoms with Crippen LogP contribution in [0.15, 0.2) is 261 Å². The number of nitrogens with zero attached hydrogens (tertiary/aromatic N) is 3. The Morgan fingerprint density at radius 3 is 1.25 bits per heavy atom. The Bertz CT molecular complexity index is 4260. The topological polar surface area (TPSA) is 38.7 Å². The normalized spacial score (nSPS) is 11.6. The molecule has 2 aromatic heterocycles. The van der Waals surface area contributed by atoms with Gasteiger partial charge in [-0.1, -0.05) is 249 Å². The summed E-state index contributed by atoms with van der Waals surface area (Å²) in [6.45, 7) is 0. The van der Waals surface area contributed by atoms with Crippen LogP contribution in [0.2, 0.25) is 0 Å². The molecule has 12 aromatic carbocycles. The van der Waals surface area contributed by atoms with Gasteiger partial charge in [-0.3, -0.25) is 0 Å². The number of hydrogen-bond acceptors (Lipinski definition) is 3. The van der Waals surface area contributed by atoms with Crippen LogP contribution < -0.4 is 0 Å². The van der Waals surface area contributed by atoms with Crippen LogP contribution in [-0.2, 0) is 0 Å². The molecule has 334 valence electrons. The monoisotopic (exact) mass is 913 g/mol. The molecule has 0 bridgehead atoms. The Morgan fingerprint density at radius 2 is 0.653 bits per heavy atom. The van der Waals surface area contributed by atoms with Crippen molar-refractivity contribution in [3.05, 3.63) is 261 Å². The summed E-state index contributed by atoms with van der Waals surface area (Å²) in [5, 5.41) is 13.4. The van der Waals surface area contributed by atoms with Crippen molar-refractivity contribution in [2.24, 2.45) is 0 Å². The van der Waals surface area contributed by atoms with Gasteiger partial charge in [0.1, 0.15) is 0 Å². The van der Waals surface area contributed by atoms with Gasteiger partial charge >= 0.3 is 0 Å². The van der Waals surface area contributed by atoms with Gasteiger partial charge in [-0.2, -0.15) is 0 Å². The fourth-order valence-corrected chi connectivity index (χ4v) is 10.9. The third-order valence-corrected chi connectivity index (χ3v) is 14.5. The molecule has 0 spiro atoms. The van der Waals surface area contributed by atoms with Gasteiger partial charge in [0.15, 0.2) is 5.82 Å². The average molecular weight is 914 g/mol. The van der Waals surface area contributed by atoms with Crippen molar-refractivity contribution in [2.75, 3.05) is 0 Å². The standard InChI is InChI=1S/C69H43N3/c1-3-14-44(15-4-1)46-26-30-49(31-27-46)64-43-65(71-69(70-64)52-36-28-47(29-37-52)45-16-5-2-6-17-45)50-32-34-51(35-33-50)67-62-41-38-48-18-7-8-19-54(48)66(62)61-25-13-24-55(68(61)72-67)53-39-40-60-58-22-10-9-20-56(58)57-21-11-12-23-59(57)63(60)42-53/h1-43H. The van der Waals surface area contributed by atoms with E-state index in [0.29, 0.717) is 5.82 Å². The zero-order valence-electron chi connectivity index (χ0n) is 39.2. The molecular weight excluding hydrogens is 871 g/mol. The molecule has 14 rings (SSSR count). The maximum Gasteiger partial charge on any atom is 0.160 e. The van der Waals surface area contributed by atoms with Crippen molar-refractivity contribution < 1.29 is 0 Å². The maximum absolute atomic E-state index is 5.69. The smallest absolute Gasteiger partial charge is 0.160 e. The van der Waals surface area contributed by atoms with Gasteiger partial charge in [-0.15, -0.1) is 0 Å². The van der Waals surface area contributed by atoms with E-state index in [9.17, 15) is 0 Å². The first-order valence-corrected chi connectivity index (χ1v) is 24.6. The minimum absolute atomic E-state index is 0.676. The fourth-order valence-electron chi connectivity index (χ4n) is 10.9. The van der Waals surface area contributed by atoms with Gasteiger partial charge in [0.05, 0.1) is 22.6 Å². The lowest BCUT2D eigenvalue weighted by atomic mass is 9.90. The minimum atomic E-state index is 0.676. The van der Waals surface area contributed by atoms with E-state index >= 15 is 0 Å². The van der Waals surface area contributed by atoms with Crippen molar-refractivity contribution in [1.82, 2.24) is 15.0 Å². The Kier molecular flexibility index (Phi) is 9.85. The number of rotatable bonds is 7. The van der Waals surface area contributed by atoms with E-state index in [1.807, 2.05) is 6.07 Å². The van der Waals surface area contributed by atoms with Gasteiger partial charge in [0, 0.05) is 44.0 Å². The van der Waals surface area contributed by atoms with Crippen molar-refractivity contribution >= 4 is 64.8 Å². The lowest BCUT2D eigenvalue weighted by Crippen LogP contribution is -1.96. The van der Waals surface area contributed by atoms with Gasteiger partial charge in [-0.25, -0.2) is 15.0 Å². The highest BCUT2D eigenvalue weighted by Crippen LogP contribution is 2.43. The highest BCUT2D eigenvalue weighted by Gasteiger charge is 2.19. The first-order valence-electron chi connectivity index (χ1n) is 24.6. The Labute approximate surface area is 417 Å². The molecule has 0 amide bonds. The van der Waals surface area contributed by atoms with Crippen LogP contribution >= 0.6 is 0 Å². The predicted molar refractivity (Wildman–Crippen MR) is 303 cm³/mol. The summed E-state index contributed by atoms with van der Waals surface area (Å²) in [6.07, 6.45) is 0. The number of pyridine rings is 1. The number of para-hydroxylation sites is 1. The van der Waals surface area contributed by atoms with Crippen LogP contribution in [0.4, 0.5) is 0 Å². The van der Waals surface area contributed by atoms with Crippen LogP contribution in [-0.4, -0.2) is 15.0 Å². The SMILES string of the molecule is c1ccc(-c2ccc(-c3cc(-c4ccc(-c5nc6c(-c7ccc8c9ccccc9c9ccccc9c8c7)cccc6c6c5ccc5ccccc56)cc4)nc(-c4ccc(-c5ccccc5)cc4)n3)cc2)cc1. The number of hydrogen-bond donors (Lipinski definition) is 0. The molecule has 2 heterocycles. The highest BCUT2D eigenvalue weighted by atomic mass is 14.9. The zero-order chi connectivity index (χ0) is 47.5. The van der Waals surface area contributed by atoms with E-state index in [1.165, 1.54) is 59.6 Å². The number of aromatic nitrogens is 3. The predicted octanol–water partition coefficient (Wildman–Crippen LogP) is 18.5. The van der Waals surface area contributed by atoms with E-state index in [0.717, 1.165) is 77.9 Å². The first kappa shape index (κ1) is 41.4. The molecule has 0 atom stereocenters. The first-order chi connectivity index (χ1) is 35.7. The Hall–Kier alpha value is -9.57. The third kappa shape index (κ3) is 7.10. The second kappa shape index (κ2) is 17.1. The van der Waals surface area contributed by atoms with Gasteiger partial charge < -0.3 is 0 Å². The second-order valence-corrected chi connectivity index (χ2v) is 18.6. The summed E-state index contributed by atoms with van der Waals surface area (Å²) in [7, 11) is 0. The van der Waals surface area contributed by atoms with Crippen LogP contribution in [0.1, 0.15) is 0 Å². The maximum atomic E-state index is 5.69. The van der Waals surface area contributed by atoms with Crippen molar-refractivity contribution in [2.45, 2.75) is 0 Å². The van der Waals surface area contributed by atoms with E-state index in [2.05, 4.69) is 255 Å². The van der Waals surface area contributed by atoms with E-state index < -0.39 is 0 Å². The summed E-state index contributed by atoms with van der Waals surface area (Å²) in [5.74, 6) is 0.676. The molecule has 0 aliphatic carbocycles. The molecule has 0 N–H and O–H groups in total. The molecule has 0 fully saturated rings. The molecule has 0 saturated heterocycles. The molecule has 0 aliphatic heterocycles. The number of benzene rings is 12. The molecule has 3 heteroatoms. The molecule has 0 aliphatic rings. The van der Waals surface area contributed by atoms with Crippen molar-refractivity contribution in [1.29, 1.82) is 0 Å². The lowest BCUT2D eigenvalue weighted by Gasteiger charge is -2.16. The highest BCUT2D eigenvalue weighted by molar-refractivity contribution is 6.27. The minimum Gasteiger partial charge on any atom is -0.246 e.